The van der Waals surface area contributed by atoms with Gasteiger partial charge in [0, 0.05) is 11.8 Å². The highest BCUT2D eigenvalue weighted by molar-refractivity contribution is 5.92. The molecule has 5 heteroatoms. The first-order chi connectivity index (χ1) is 9.58. The first-order valence-corrected chi connectivity index (χ1v) is 5.96. The van der Waals surface area contributed by atoms with E-state index < -0.39 is 11.6 Å². The lowest BCUT2D eigenvalue weighted by molar-refractivity contribution is -0.115. The highest BCUT2D eigenvalue weighted by atomic mass is 19.2. The number of hydrogen-bond donors (Lipinski definition) is 1. The van der Waals surface area contributed by atoms with Crippen molar-refractivity contribution in [1.82, 2.24) is 0 Å². The normalized spacial score (nSPS) is 10.2. The molecule has 20 heavy (non-hydrogen) atoms. The minimum absolute atomic E-state index is 0.142. The van der Waals surface area contributed by atoms with Crippen LogP contribution in [0.3, 0.4) is 0 Å². The molecule has 2 aromatic carbocycles. The minimum atomic E-state index is -0.993. The Morgan fingerprint density at radius 3 is 2.40 bits per heavy atom. The summed E-state index contributed by atoms with van der Waals surface area (Å²) in [6.45, 7) is 0. The second-order valence-corrected chi connectivity index (χ2v) is 4.20. The lowest BCUT2D eigenvalue weighted by Gasteiger charge is -2.06. The molecule has 0 spiro atoms. The predicted octanol–water partition coefficient (Wildman–Crippen LogP) is 3.15. The molecule has 0 bridgehead atoms. The van der Waals surface area contributed by atoms with Crippen molar-refractivity contribution >= 4 is 11.6 Å². The molecule has 0 saturated carbocycles. The molecule has 2 rings (SSSR count). The number of carbonyl (C=O) groups is 1. The first kappa shape index (κ1) is 14.0. The van der Waals surface area contributed by atoms with Crippen LogP contribution in [-0.4, -0.2) is 13.0 Å². The van der Waals surface area contributed by atoms with Crippen molar-refractivity contribution in [2.24, 2.45) is 0 Å². The Balaban J connectivity index is 1.99. The van der Waals surface area contributed by atoms with Gasteiger partial charge in [0.05, 0.1) is 13.5 Å². The molecule has 0 saturated heterocycles. The highest BCUT2D eigenvalue weighted by Gasteiger charge is 2.07. The Morgan fingerprint density at radius 2 is 1.80 bits per heavy atom. The van der Waals surface area contributed by atoms with E-state index in [1.54, 1.807) is 31.4 Å². The van der Waals surface area contributed by atoms with Crippen LogP contribution in [-0.2, 0) is 11.2 Å². The fourth-order valence-electron chi connectivity index (χ4n) is 1.71. The van der Waals surface area contributed by atoms with Crippen molar-refractivity contribution in [2.75, 3.05) is 12.4 Å². The molecule has 1 N–H and O–H groups in total. The van der Waals surface area contributed by atoms with Crippen molar-refractivity contribution in [3.63, 3.8) is 0 Å². The second kappa shape index (κ2) is 6.14. The minimum Gasteiger partial charge on any atom is -0.497 e. The van der Waals surface area contributed by atoms with Gasteiger partial charge >= 0.3 is 0 Å². The van der Waals surface area contributed by atoms with Gasteiger partial charge in [-0.25, -0.2) is 8.78 Å². The van der Waals surface area contributed by atoms with Gasteiger partial charge in [-0.05, 0) is 29.8 Å². The van der Waals surface area contributed by atoms with Crippen LogP contribution in [0, 0.1) is 11.6 Å². The number of nitrogens with one attached hydrogen (secondary N) is 1. The van der Waals surface area contributed by atoms with Gasteiger partial charge in [0.25, 0.3) is 0 Å². The third-order valence-electron chi connectivity index (χ3n) is 2.73. The fraction of sp³-hybridized carbons (Fsp3) is 0.133. The van der Waals surface area contributed by atoms with E-state index >= 15 is 0 Å². The van der Waals surface area contributed by atoms with Crippen LogP contribution in [0.4, 0.5) is 14.5 Å². The van der Waals surface area contributed by atoms with Gasteiger partial charge in [-0.3, -0.25) is 4.79 Å². The maximum Gasteiger partial charge on any atom is 0.228 e. The number of ether oxygens (including phenoxy) is 1. The summed E-state index contributed by atoms with van der Waals surface area (Å²) in [5, 5.41) is 2.51. The molecule has 0 aliphatic heterocycles. The number of anilines is 1. The number of hydrogen-bond acceptors (Lipinski definition) is 2. The Bertz CT molecular complexity index is 612. The molecule has 3 nitrogen and oxygen atoms in total. The Labute approximate surface area is 115 Å². The van der Waals surface area contributed by atoms with Gasteiger partial charge in [-0.15, -0.1) is 0 Å². The number of carbonyl (C=O) groups excluding carboxylic acids is 1. The van der Waals surface area contributed by atoms with Gasteiger partial charge < -0.3 is 10.1 Å². The van der Waals surface area contributed by atoms with Crippen LogP contribution in [0.5, 0.6) is 5.75 Å². The largest absolute Gasteiger partial charge is 0.497 e. The topological polar surface area (TPSA) is 38.3 Å². The van der Waals surface area contributed by atoms with Crippen molar-refractivity contribution < 1.29 is 18.3 Å². The number of halogens is 2. The van der Waals surface area contributed by atoms with Gasteiger partial charge in [0.1, 0.15) is 5.75 Å². The van der Waals surface area contributed by atoms with E-state index in [0.717, 1.165) is 17.7 Å². The van der Waals surface area contributed by atoms with Gasteiger partial charge in [0.2, 0.25) is 5.91 Å². The van der Waals surface area contributed by atoms with Crippen LogP contribution in [0.15, 0.2) is 42.5 Å². The van der Waals surface area contributed by atoms with Gasteiger partial charge in [-0.2, -0.15) is 0 Å². The summed E-state index contributed by atoms with van der Waals surface area (Å²) in [7, 11) is 1.56. The fourth-order valence-corrected chi connectivity index (χ4v) is 1.71. The van der Waals surface area contributed by atoms with E-state index in [9.17, 15) is 13.6 Å². The standard InChI is InChI=1S/C15H13F2NO2/c1-20-12-5-2-10(3-6-12)8-15(19)18-11-4-7-13(16)14(17)9-11/h2-7,9H,8H2,1H3,(H,18,19). The summed E-state index contributed by atoms with van der Waals surface area (Å²) in [6, 6.07) is 10.3. The molecule has 1 amide bonds. The summed E-state index contributed by atoms with van der Waals surface area (Å²) < 4.78 is 30.8. The summed E-state index contributed by atoms with van der Waals surface area (Å²) in [5.41, 5.74) is 1.02. The number of amides is 1. The average molecular weight is 277 g/mol. The molecule has 0 radical (unpaired) electrons. The van der Waals surface area contributed by atoms with Crippen molar-refractivity contribution in [3.8, 4) is 5.75 Å². The second-order valence-electron chi connectivity index (χ2n) is 4.20. The molecular weight excluding hydrogens is 264 g/mol. The van der Waals surface area contributed by atoms with E-state index in [1.807, 2.05) is 0 Å². The Kier molecular flexibility index (Phi) is 4.30. The summed E-state index contributed by atoms with van der Waals surface area (Å²) in [6.07, 6.45) is 0.142. The van der Waals surface area contributed by atoms with Crippen LogP contribution in [0.25, 0.3) is 0 Å². The van der Waals surface area contributed by atoms with E-state index in [0.29, 0.717) is 5.75 Å². The zero-order chi connectivity index (χ0) is 14.5. The van der Waals surface area contributed by atoms with Crippen molar-refractivity contribution in [3.05, 3.63) is 59.7 Å². The quantitative estimate of drug-likeness (QED) is 0.932. The molecule has 0 heterocycles. The SMILES string of the molecule is COc1ccc(CC(=O)Nc2ccc(F)c(F)c2)cc1. The lowest BCUT2D eigenvalue weighted by Crippen LogP contribution is -2.14. The van der Waals surface area contributed by atoms with Crippen molar-refractivity contribution in [1.29, 1.82) is 0 Å². The molecule has 2 aromatic rings. The smallest absolute Gasteiger partial charge is 0.228 e. The lowest BCUT2D eigenvalue weighted by atomic mass is 10.1. The monoisotopic (exact) mass is 277 g/mol. The third-order valence-corrected chi connectivity index (χ3v) is 2.73. The number of benzene rings is 2. The summed E-state index contributed by atoms with van der Waals surface area (Å²) >= 11 is 0. The molecule has 0 aromatic heterocycles. The third kappa shape index (κ3) is 3.54. The van der Waals surface area contributed by atoms with Crippen molar-refractivity contribution in [2.45, 2.75) is 6.42 Å². The summed E-state index contributed by atoms with van der Waals surface area (Å²) in [4.78, 5) is 11.8. The zero-order valence-corrected chi connectivity index (χ0v) is 10.8. The van der Waals surface area contributed by atoms with E-state index in [2.05, 4.69) is 5.32 Å². The molecular formula is C15H13F2NO2. The van der Waals surface area contributed by atoms with E-state index in [4.69, 9.17) is 4.74 Å². The number of rotatable bonds is 4. The predicted molar refractivity (Wildman–Crippen MR) is 71.7 cm³/mol. The highest BCUT2D eigenvalue weighted by Crippen LogP contribution is 2.15. The molecule has 0 unspecified atom stereocenters. The average Bonchev–Trinajstić information content (AvgIpc) is 2.44. The van der Waals surface area contributed by atoms with Gasteiger partial charge in [0.15, 0.2) is 11.6 Å². The van der Waals surface area contributed by atoms with Crippen LogP contribution < -0.4 is 10.1 Å². The first-order valence-electron chi connectivity index (χ1n) is 5.96. The van der Waals surface area contributed by atoms with E-state index in [1.165, 1.54) is 6.07 Å². The summed E-state index contributed by atoms with van der Waals surface area (Å²) in [5.74, 6) is -1.54. The van der Waals surface area contributed by atoms with E-state index in [-0.39, 0.29) is 18.0 Å². The van der Waals surface area contributed by atoms with Gasteiger partial charge in [-0.1, -0.05) is 12.1 Å². The molecule has 0 aliphatic carbocycles. The molecule has 104 valence electrons. The number of methoxy groups -OCH3 is 1. The molecule has 0 aliphatic rings. The maximum atomic E-state index is 13.0. The van der Waals surface area contributed by atoms with Crippen LogP contribution >= 0.6 is 0 Å². The zero-order valence-electron chi connectivity index (χ0n) is 10.8. The Hall–Kier alpha value is -2.43. The molecule has 0 atom stereocenters. The van der Waals surface area contributed by atoms with Crippen LogP contribution in [0.2, 0.25) is 0 Å². The Morgan fingerprint density at radius 1 is 1.10 bits per heavy atom. The maximum absolute atomic E-state index is 13.0. The van der Waals surface area contributed by atoms with Crippen LogP contribution in [0.1, 0.15) is 5.56 Å². The molecule has 0 fully saturated rings.